The van der Waals surface area contributed by atoms with Gasteiger partial charge in [0.25, 0.3) is 5.91 Å². The predicted octanol–water partition coefficient (Wildman–Crippen LogP) is 2.65. The third-order valence-electron chi connectivity index (χ3n) is 4.84. The summed E-state index contributed by atoms with van der Waals surface area (Å²) in [7, 11) is 0. The molecule has 1 fully saturated rings. The molecule has 0 radical (unpaired) electrons. The Morgan fingerprint density at radius 1 is 1.24 bits per heavy atom. The zero-order valence-electron chi connectivity index (χ0n) is 12.0. The second-order valence-corrected chi connectivity index (χ2v) is 6.17. The van der Waals surface area contributed by atoms with Crippen LogP contribution >= 0.6 is 0 Å². The summed E-state index contributed by atoms with van der Waals surface area (Å²) in [5.41, 5.74) is 10.9. The lowest BCUT2D eigenvalue weighted by molar-refractivity contribution is 0.0947. The van der Waals surface area contributed by atoms with Crippen LogP contribution in [0.2, 0.25) is 0 Å². The van der Waals surface area contributed by atoms with Crippen LogP contribution < -0.4 is 11.1 Å². The van der Waals surface area contributed by atoms with E-state index in [1.165, 1.54) is 11.1 Å². The fourth-order valence-electron chi connectivity index (χ4n) is 3.66. The summed E-state index contributed by atoms with van der Waals surface area (Å²) in [6.07, 6.45) is 1.09. The van der Waals surface area contributed by atoms with E-state index in [1.54, 1.807) is 6.07 Å². The van der Waals surface area contributed by atoms with E-state index in [0.717, 1.165) is 12.0 Å². The zero-order chi connectivity index (χ0) is 14.6. The second kappa shape index (κ2) is 4.35. The van der Waals surface area contributed by atoms with Gasteiger partial charge in [0, 0.05) is 23.2 Å². The van der Waals surface area contributed by atoms with Crippen molar-refractivity contribution in [3.05, 3.63) is 64.7 Å². The summed E-state index contributed by atoms with van der Waals surface area (Å²) in [6, 6.07) is 14.3. The second-order valence-electron chi connectivity index (χ2n) is 6.17. The van der Waals surface area contributed by atoms with Crippen molar-refractivity contribution in [3.63, 3.8) is 0 Å². The molecule has 3 nitrogen and oxygen atoms in total. The predicted molar refractivity (Wildman–Crippen MR) is 83.2 cm³/mol. The summed E-state index contributed by atoms with van der Waals surface area (Å²) in [4.78, 5) is 12.4. The Labute approximate surface area is 124 Å². The molecule has 2 aliphatic rings. The van der Waals surface area contributed by atoms with Crippen LogP contribution in [0, 0.1) is 12.8 Å². The van der Waals surface area contributed by atoms with Gasteiger partial charge < -0.3 is 11.1 Å². The number of aryl methyl sites for hydroxylation is 1. The zero-order valence-corrected chi connectivity index (χ0v) is 12.0. The van der Waals surface area contributed by atoms with Crippen LogP contribution in [0.5, 0.6) is 0 Å². The Morgan fingerprint density at radius 2 is 2.05 bits per heavy atom. The number of fused-ring (bicyclic) bond motifs is 3. The van der Waals surface area contributed by atoms with Crippen LogP contribution in [-0.2, 0) is 6.42 Å². The van der Waals surface area contributed by atoms with E-state index in [-0.39, 0.29) is 11.9 Å². The van der Waals surface area contributed by atoms with Gasteiger partial charge in [-0.2, -0.15) is 0 Å². The van der Waals surface area contributed by atoms with Crippen LogP contribution in [0.25, 0.3) is 0 Å². The lowest BCUT2D eigenvalue weighted by atomic mass is 10.0. The number of benzene rings is 2. The van der Waals surface area contributed by atoms with Crippen molar-refractivity contribution in [3.8, 4) is 0 Å². The van der Waals surface area contributed by atoms with Crippen molar-refractivity contribution >= 4 is 11.6 Å². The Bertz CT molecular complexity index is 738. The maximum Gasteiger partial charge on any atom is 0.251 e. The first-order valence-corrected chi connectivity index (χ1v) is 7.40. The monoisotopic (exact) mass is 278 g/mol. The molecule has 0 spiro atoms. The molecular weight excluding hydrogens is 260 g/mol. The average Bonchev–Trinajstić information content (AvgIpc) is 2.99. The largest absolute Gasteiger partial charge is 0.399 e. The number of rotatable bonds is 2. The maximum atomic E-state index is 12.4. The molecule has 2 aliphatic carbocycles. The molecule has 3 atom stereocenters. The molecule has 0 heterocycles. The fraction of sp³-hybridized carbons (Fsp3) is 0.278. The minimum Gasteiger partial charge on any atom is -0.399 e. The topological polar surface area (TPSA) is 55.1 Å². The third kappa shape index (κ3) is 1.92. The lowest BCUT2D eigenvalue weighted by Crippen LogP contribution is -2.29. The SMILES string of the molecule is Cc1ccc(N)cc1C(=O)NC1C2Cc3ccccc3C21. The Kier molecular flexibility index (Phi) is 2.58. The van der Waals surface area contributed by atoms with Gasteiger partial charge in [0.15, 0.2) is 0 Å². The summed E-state index contributed by atoms with van der Waals surface area (Å²) < 4.78 is 0. The van der Waals surface area contributed by atoms with Gasteiger partial charge >= 0.3 is 0 Å². The Hall–Kier alpha value is -2.29. The van der Waals surface area contributed by atoms with Crippen molar-refractivity contribution in [1.82, 2.24) is 5.32 Å². The molecule has 0 saturated heterocycles. The molecule has 1 amide bonds. The van der Waals surface area contributed by atoms with Gasteiger partial charge in [-0.15, -0.1) is 0 Å². The standard InChI is InChI=1S/C18H18N2O/c1-10-6-7-12(19)9-14(10)18(21)20-17-15-8-11-4-2-3-5-13(11)16(15)17/h2-7,9,15-17H,8,19H2,1H3,(H,20,21). The van der Waals surface area contributed by atoms with Gasteiger partial charge in [-0.3, -0.25) is 4.79 Å². The first-order chi connectivity index (χ1) is 10.1. The molecule has 0 aliphatic heterocycles. The molecule has 106 valence electrons. The van der Waals surface area contributed by atoms with Gasteiger partial charge in [-0.25, -0.2) is 0 Å². The van der Waals surface area contributed by atoms with Crippen molar-refractivity contribution in [2.24, 2.45) is 5.92 Å². The van der Waals surface area contributed by atoms with Gasteiger partial charge in [0.1, 0.15) is 0 Å². The van der Waals surface area contributed by atoms with Crippen molar-refractivity contribution in [2.75, 3.05) is 5.73 Å². The fourth-order valence-corrected chi connectivity index (χ4v) is 3.66. The van der Waals surface area contributed by atoms with Gasteiger partial charge in [-0.05, 0) is 48.1 Å². The first-order valence-electron chi connectivity index (χ1n) is 7.40. The first kappa shape index (κ1) is 12.5. The molecule has 4 rings (SSSR count). The summed E-state index contributed by atoms with van der Waals surface area (Å²) in [5.74, 6) is 1.08. The molecule has 0 bridgehead atoms. The van der Waals surface area contributed by atoms with Crippen molar-refractivity contribution < 1.29 is 4.79 Å². The highest BCUT2D eigenvalue weighted by Crippen LogP contribution is 2.56. The molecule has 3 N–H and O–H groups in total. The number of hydrogen-bond donors (Lipinski definition) is 2. The van der Waals surface area contributed by atoms with Gasteiger partial charge in [-0.1, -0.05) is 30.3 Å². The number of anilines is 1. The smallest absolute Gasteiger partial charge is 0.251 e. The lowest BCUT2D eigenvalue weighted by Gasteiger charge is -2.11. The van der Waals surface area contributed by atoms with E-state index in [1.807, 2.05) is 19.1 Å². The van der Waals surface area contributed by atoms with Crippen LogP contribution in [0.4, 0.5) is 5.69 Å². The summed E-state index contributed by atoms with van der Waals surface area (Å²) in [5, 5.41) is 3.19. The third-order valence-corrected chi connectivity index (χ3v) is 4.84. The van der Waals surface area contributed by atoms with E-state index in [4.69, 9.17) is 5.73 Å². The minimum atomic E-state index is -0.00307. The van der Waals surface area contributed by atoms with Gasteiger partial charge in [0.2, 0.25) is 0 Å². The Morgan fingerprint density at radius 3 is 2.90 bits per heavy atom. The maximum absolute atomic E-state index is 12.4. The number of hydrogen-bond acceptors (Lipinski definition) is 2. The Balaban J connectivity index is 1.52. The normalized spacial score (nSPS) is 25.1. The minimum absolute atomic E-state index is 0.00307. The number of nitrogens with two attached hydrogens (primary N) is 1. The van der Waals surface area contributed by atoms with E-state index in [9.17, 15) is 4.79 Å². The molecule has 0 aromatic heterocycles. The molecule has 3 unspecified atom stereocenters. The molecule has 3 heteroatoms. The van der Waals surface area contributed by atoms with E-state index < -0.39 is 0 Å². The summed E-state index contributed by atoms with van der Waals surface area (Å²) in [6.45, 7) is 1.94. The highest BCUT2D eigenvalue weighted by molar-refractivity contribution is 5.97. The highest BCUT2D eigenvalue weighted by atomic mass is 16.1. The number of amides is 1. The van der Waals surface area contributed by atoms with Crippen molar-refractivity contribution in [2.45, 2.75) is 25.3 Å². The van der Waals surface area contributed by atoms with Crippen LogP contribution in [0.3, 0.4) is 0 Å². The molecule has 2 aromatic carbocycles. The van der Waals surface area contributed by atoms with Crippen LogP contribution in [0.15, 0.2) is 42.5 Å². The quantitative estimate of drug-likeness (QED) is 0.830. The van der Waals surface area contributed by atoms with E-state index in [2.05, 4.69) is 29.6 Å². The van der Waals surface area contributed by atoms with Crippen molar-refractivity contribution in [1.29, 1.82) is 0 Å². The highest BCUT2D eigenvalue weighted by Gasteiger charge is 2.56. The van der Waals surface area contributed by atoms with E-state index >= 15 is 0 Å². The number of nitrogens with one attached hydrogen (secondary N) is 1. The number of carbonyl (C=O) groups is 1. The van der Waals surface area contributed by atoms with Crippen LogP contribution in [-0.4, -0.2) is 11.9 Å². The number of carbonyl (C=O) groups excluding carboxylic acids is 1. The molecule has 2 aromatic rings. The molecule has 1 saturated carbocycles. The van der Waals surface area contributed by atoms with Gasteiger partial charge in [0.05, 0.1) is 0 Å². The van der Waals surface area contributed by atoms with Crippen LogP contribution in [0.1, 0.15) is 33.0 Å². The molecule has 21 heavy (non-hydrogen) atoms. The number of nitrogen functional groups attached to an aromatic ring is 1. The van der Waals surface area contributed by atoms with E-state index in [0.29, 0.717) is 23.1 Å². The summed E-state index contributed by atoms with van der Waals surface area (Å²) >= 11 is 0. The average molecular weight is 278 g/mol. The molecular formula is C18H18N2O.